The van der Waals surface area contributed by atoms with Gasteiger partial charge in [0.05, 0.1) is 26.2 Å². The minimum Gasteiger partial charge on any atom is -0.360 e. The van der Waals surface area contributed by atoms with Crippen molar-refractivity contribution >= 4 is 23.1 Å². The largest absolute Gasteiger partial charge is 0.360 e. The van der Waals surface area contributed by atoms with Gasteiger partial charge in [-0.25, -0.2) is 0 Å². The average Bonchev–Trinajstić information content (AvgIpc) is 2.74. The summed E-state index contributed by atoms with van der Waals surface area (Å²) in [6.07, 6.45) is 0. The van der Waals surface area contributed by atoms with Crippen LogP contribution in [-0.4, -0.2) is 44.4 Å². The number of Topliss-reactive ketones (excluding diaryl/α,β-unsaturated/α-hetero) is 1. The number of nitrogens with zero attached hydrogens (tertiary/aromatic N) is 1. The number of hydrogen-bond donors (Lipinski definition) is 2. The molecule has 0 bridgehead atoms. The molecule has 31 heavy (non-hydrogen) atoms. The second-order valence-corrected chi connectivity index (χ2v) is 9.19. The number of carbonyl (C=O) groups excluding carboxylic acids is 2. The highest BCUT2D eigenvalue weighted by Gasteiger charge is 2.24. The number of nitrogens with one attached hydrogen (secondary N) is 2. The SMILES string of the molecule is CC(=O)c1ccc(N2CC[NH+](CC(=O)Nc3c(C(C)C)cccc3C(C)C)CC2)cc1. The topological polar surface area (TPSA) is 53.9 Å². The lowest BCUT2D eigenvalue weighted by atomic mass is 9.92. The minimum atomic E-state index is 0.0873. The highest BCUT2D eigenvalue weighted by molar-refractivity contribution is 5.94. The van der Waals surface area contributed by atoms with Crippen LogP contribution in [0, 0.1) is 0 Å². The molecular formula is C26H36N3O2+. The molecule has 1 aliphatic rings. The number of anilines is 2. The number of amides is 1. The van der Waals surface area contributed by atoms with E-state index < -0.39 is 0 Å². The summed E-state index contributed by atoms with van der Waals surface area (Å²) in [5.74, 6) is 0.898. The Morgan fingerprint density at radius 2 is 1.48 bits per heavy atom. The molecule has 5 heteroatoms. The monoisotopic (exact) mass is 422 g/mol. The molecule has 166 valence electrons. The van der Waals surface area contributed by atoms with Gasteiger partial charge in [0.1, 0.15) is 0 Å². The summed E-state index contributed by atoms with van der Waals surface area (Å²) in [4.78, 5) is 28.0. The normalized spacial score (nSPS) is 14.9. The molecule has 1 fully saturated rings. The van der Waals surface area contributed by atoms with Gasteiger partial charge in [0.2, 0.25) is 0 Å². The Morgan fingerprint density at radius 3 is 1.97 bits per heavy atom. The van der Waals surface area contributed by atoms with E-state index in [4.69, 9.17) is 0 Å². The molecule has 0 aliphatic carbocycles. The Morgan fingerprint density at radius 1 is 0.935 bits per heavy atom. The molecule has 0 unspecified atom stereocenters. The molecule has 3 rings (SSSR count). The molecule has 2 aromatic carbocycles. The van der Waals surface area contributed by atoms with Crippen LogP contribution in [0.3, 0.4) is 0 Å². The van der Waals surface area contributed by atoms with Crippen LogP contribution in [0.4, 0.5) is 11.4 Å². The number of hydrogen-bond acceptors (Lipinski definition) is 3. The molecule has 0 aromatic heterocycles. The fourth-order valence-corrected chi connectivity index (χ4v) is 4.27. The van der Waals surface area contributed by atoms with Gasteiger partial charge in [-0.2, -0.15) is 0 Å². The Balaban J connectivity index is 1.59. The first-order valence-electron chi connectivity index (χ1n) is 11.4. The maximum atomic E-state index is 12.9. The van der Waals surface area contributed by atoms with Crippen LogP contribution in [0.25, 0.3) is 0 Å². The molecule has 0 spiro atoms. The van der Waals surface area contributed by atoms with E-state index in [-0.39, 0.29) is 11.7 Å². The van der Waals surface area contributed by atoms with Crippen LogP contribution < -0.4 is 15.1 Å². The minimum absolute atomic E-state index is 0.0873. The van der Waals surface area contributed by atoms with Gasteiger partial charge in [-0.1, -0.05) is 45.9 Å². The summed E-state index contributed by atoms with van der Waals surface area (Å²) in [5, 5.41) is 3.24. The zero-order valence-electron chi connectivity index (χ0n) is 19.5. The molecule has 5 nitrogen and oxygen atoms in total. The zero-order chi connectivity index (χ0) is 22.5. The lowest BCUT2D eigenvalue weighted by Gasteiger charge is -2.33. The standard InChI is InChI=1S/C26H35N3O2/c1-18(2)23-7-6-8-24(19(3)4)26(23)27-25(31)17-28-13-15-29(16-14-28)22-11-9-21(10-12-22)20(5)30/h6-12,18-19H,13-17H2,1-5H3,(H,27,31)/p+1. The van der Waals surface area contributed by atoms with E-state index in [0.29, 0.717) is 18.4 Å². The molecule has 0 saturated carbocycles. The molecule has 2 N–H and O–H groups in total. The van der Waals surface area contributed by atoms with E-state index in [0.717, 1.165) is 43.1 Å². The molecule has 0 atom stereocenters. The first kappa shape index (κ1) is 23.0. The zero-order valence-corrected chi connectivity index (χ0v) is 19.5. The van der Waals surface area contributed by atoms with Crippen molar-refractivity contribution in [3.8, 4) is 0 Å². The van der Waals surface area contributed by atoms with Crippen LogP contribution in [-0.2, 0) is 4.79 Å². The number of benzene rings is 2. The Hall–Kier alpha value is -2.66. The van der Waals surface area contributed by atoms with Crippen molar-refractivity contribution in [3.05, 3.63) is 59.2 Å². The number of carbonyl (C=O) groups is 2. The molecule has 1 amide bonds. The van der Waals surface area contributed by atoms with Crippen LogP contribution in [0.1, 0.15) is 67.9 Å². The van der Waals surface area contributed by atoms with Gasteiger partial charge in [0.25, 0.3) is 5.91 Å². The van der Waals surface area contributed by atoms with Crippen LogP contribution in [0.15, 0.2) is 42.5 Å². The van der Waals surface area contributed by atoms with Crippen LogP contribution in [0.2, 0.25) is 0 Å². The third-order valence-corrected chi connectivity index (χ3v) is 6.16. The highest BCUT2D eigenvalue weighted by Crippen LogP contribution is 2.32. The van der Waals surface area contributed by atoms with E-state index in [9.17, 15) is 9.59 Å². The summed E-state index contributed by atoms with van der Waals surface area (Å²) >= 11 is 0. The van der Waals surface area contributed by atoms with Crippen molar-refractivity contribution in [2.45, 2.75) is 46.5 Å². The number of piperazine rings is 1. The molecule has 1 aliphatic heterocycles. The van der Waals surface area contributed by atoms with Crippen LogP contribution in [0.5, 0.6) is 0 Å². The fourth-order valence-electron chi connectivity index (χ4n) is 4.27. The first-order chi connectivity index (χ1) is 14.8. The van der Waals surface area contributed by atoms with E-state index in [1.54, 1.807) is 6.92 Å². The van der Waals surface area contributed by atoms with Gasteiger partial charge in [-0.15, -0.1) is 0 Å². The first-order valence-corrected chi connectivity index (χ1v) is 11.4. The van der Waals surface area contributed by atoms with Gasteiger partial charge in [-0.3, -0.25) is 9.59 Å². The lowest BCUT2D eigenvalue weighted by Crippen LogP contribution is -3.15. The predicted molar refractivity (Wildman–Crippen MR) is 127 cm³/mol. The summed E-state index contributed by atoms with van der Waals surface area (Å²) in [5.41, 5.74) is 5.29. The average molecular weight is 423 g/mol. The lowest BCUT2D eigenvalue weighted by molar-refractivity contribution is -0.892. The van der Waals surface area contributed by atoms with Crippen molar-refractivity contribution < 1.29 is 14.5 Å². The third-order valence-electron chi connectivity index (χ3n) is 6.16. The molecule has 2 aromatic rings. The van der Waals surface area contributed by atoms with Gasteiger partial charge in [0.15, 0.2) is 12.3 Å². The maximum Gasteiger partial charge on any atom is 0.279 e. The summed E-state index contributed by atoms with van der Waals surface area (Å²) < 4.78 is 0. The van der Waals surface area contributed by atoms with Crippen molar-refractivity contribution in [2.24, 2.45) is 0 Å². The van der Waals surface area contributed by atoms with Gasteiger partial charge < -0.3 is 15.1 Å². The van der Waals surface area contributed by atoms with E-state index in [1.165, 1.54) is 16.0 Å². The second kappa shape index (κ2) is 10.1. The van der Waals surface area contributed by atoms with E-state index in [2.05, 4.69) is 56.1 Å². The highest BCUT2D eigenvalue weighted by atomic mass is 16.2. The molecule has 0 radical (unpaired) electrons. The van der Waals surface area contributed by atoms with Crippen molar-refractivity contribution in [3.63, 3.8) is 0 Å². The van der Waals surface area contributed by atoms with Gasteiger partial charge >= 0.3 is 0 Å². The molecule has 1 heterocycles. The second-order valence-electron chi connectivity index (χ2n) is 9.19. The number of rotatable bonds is 7. The van der Waals surface area contributed by atoms with Crippen molar-refractivity contribution in [2.75, 3.05) is 42.9 Å². The van der Waals surface area contributed by atoms with Gasteiger partial charge in [0, 0.05) is 16.9 Å². The number of quaternary nitrogens is 1. The Labute approximate surface area is 186 Å². The van der Waals surface area contributed by atoms with E-state index in [1.807, 2.05) is 24.3 Å². The predicted octanol–water partition coefficient (Wildman–Crippen LogP) is 3.48. The maximum absolute atomic E-state index is 12.9. The summed E-state index contributed by atoms with van der Waals surface area (Å²) in [6.45, 7) is 14.4. The van der Waals surface area contributed by atoms with Crippen molar-refractivity contribution in [1.29, 1.82) is 0 Å². The number of ketones is 1. The quantitative estimate of drug-likeness (QED) is 0.672. The Kier molecular flexibility index (Phi) is 7.50. The van der Waals surface area contributed by atoms with E-state index >= 15 is 0 Å². The molecule has 1 saturated heterocycles. The third kappa shape index (κ3) is 5.73. The summed E-state index contributed by atoms with van der Waals surface area (Å²) in [6, 6.07) is 14.2. The summed E-state index contributed by atoms with van der Waals surface area (Å²) in [7, 11) is 0. The van der Waals surface area contributed by atoms with Gasteiger partial charge in [-0.05, 0) is 54.2 Å². The smallest absolute Gasteiger partial charge is 0.279 e. The van der Waals surface area contributed by atoms with Crippen LogP contribution >= 0.6 is 0 Å². The Bertz CT molecular complexity index is 884. The molecular weight excluding hydrogens is 386 g/mol. The fraction of sp³-hybridized carbons (Fsp3) is 0.462. The number of para-hydroxylation sites is 1. The van der Waals surface area contributed by atoms with Crippen molar-refractivity contribution in [1.82, 2.24) is 0 Å².